The average Bonchev–Trinajstić information content (AvgIpc) is 3.74. The molecule has 5 aromatic carbocycles. The molecule has 4 nitrogen and oxygen atoms in total. The summed E-state index contributed by atoms with van der Waals surface area (Å²) in [4.78, 5) is 7.03. The van der Waals surface area contributed by atoms with E-state index in [-0.39, 0.29) is 26.3 Å². The largest absolute Gasteiger partial charge is 3.00 e. The van der Waals surface area contributed by atoms with E-state index in [4.69, 9.17) is 14.7 Å². The normalized spacial score (nSPS) is 15.8. The predicted molar refractivity (Wildman–Crippen MR) is 215 cm³/mol. The minimum absolute atomic E-state index is 0. The molecule has 1 unspecified atom stereocenters. The number of para-hydroxylation sites is 4. The second-order valence-electron chi connectivity index (χ2n) is 14.9. The zero-order valence-corrected chi connectivity index (χ0v) is 33.5. The Bertz CT molecular complexity index is 2260. The van der Waals surface area contributed by atoms with Gasteiger partial charge >= 0.3 is 20.1 Å². The van der Waals surface area contributed by atoms with Crippen molar-refractivity contribution in [3.63, 3.8) is 0 Å². The number of rotatable bonds is 6. The monoisotopic (exact) mass is 875 g/mol. The van der Waals surface area contributed by atoms with Crippen molar-refractivity contribution in [1.82, 2.24) is 4.98 Å². The van der Waals surface area contributed by atoms with Crippen LogP contribution in [0.5, 0.6) is 0 Å². The SMILES string of the molecule is C[Si](C)(C)c1cnc(-c2[c-]cccc2)cc1CC1CCCCC1.[Ir+3].[c-]1c(C2[N-]c3ccccc3N2c2ccccc2)ccc2c1oc1ccccc12. The zero-order valence-electron chi connectivity index (χ0n) is 30.1. The van der Waals surface area contributed by atoms with Crippen LogP contribution >= 0.6 is 0 Å². The summed E-state index contributed by atoms with van der Waals surface area (Å²) in [7, 11) is -1.36. The van der Waals surface area contributed by atoms with Crippen molar-refractivity contribution in [3.8, 4) is 11.3 Å². The van der Waals surface area contributed by atoms with E-state index in [0.717, 1.165) is 61.7 Å². The average molecular weight is 875 g/mol. The van der Waals surface area contributed by atoms with Gasteiger partial charge in [0.15, 0.2) is 0 Å². The van der Waals surface area contributed by atoms with E-state index in [0.29, 0.717) is 0 Å². The van der Waals surface area contributed by atoms with Crippen molar-refractivity contribution >= 4 is 52.3 Å². The molecule has 1 fully saturated rings. The number of hydrogen-bond acceptors (Lipinski definition) is 3. The summed E-state index contributed by atoms with van der Waals surface area (Å²) >= 11 is 0. The van der Waals surface area contributed by atoms with Crippen LogP contribution in [0.2, 0.25) is 19.6 Å². The van der Waals surface area contributed by atoms with E-state index >= 15 is 0 Å². The van der Waals surface area contributed by atoms with Crippen LogP contribution in [0.15, 0.2) is 132 Å². The molecular weight excluding hydrogens is 831 g/mol. The van der Waals surface area contributed by atoms with Gasteiger partial charge in [-0.1, -0.05) is 123 Å². The van der Waals surface area contributed by atoms with Gasteiger partial charge in [-0.2, -0.15) is 17.7 Å². The van der Waals surface area contributed by atoms with Gasteiger partial charge in [-0.3, -0.25) is 0 Å². The first-order valence-electron chi connectivity index (χ1n) is 18.4. The molecule has 7 aromatic rings. The summed E-state index contributed by atoms with van der Waals surface area (Å²) in [6.45, 7) is 7.30. The van der Waals surface area contributed by atoms with E-state index in [2.05, 4.69) is 122 Å². The third-order valence-corrected chi connectivity index (χ3v) is 12.4. The van der Waals surface area contributed by atoms with Crippen molar-refractivity contribution in [2.45, 2.75) is 64.3 Å². The molecule has 52 heavy (non-hydrogen) atoms. The van der Waals surface area contributed by atoms with Crippen LogP contribution in [0, 0.1) is 18.1 Å². The molecule has 2 aromatic heterocycles. The number of pyridine rings is 1. The maximum atomic E-state index is 6.05. The van der Waals surface area contributed by atoms with Gasteiger partial charge < -0.3 is 19.6 Å². The number of aromatic nitrogens is 1. The minimum Gasteiger partial charge on any atom is -0.661 e. The molecule has 1 aliphatic heterocycles. The number of furan rings is 1. The van der Waals surface area contributed by atoms with Gasteiger partial charge in [0.1, 0.15) is 5.58 Å². The molecule has 9 rings (SSSR count). The number of fused-ring (bicyclic) bond motifs is 4. The van der Waals surface area contributed by atoms with Crippen LogP contribution in [0.1, 0.15) is 49.4 Å². The molecule has 0 amide bonds. The van der Waals surface area contributed by atoms with Crippen LogP contribution in [-0.2, 0) is 26.5 Å². The molecule has 1 atom stereocenters. The Labute approximate surface area is 322 Å². The van der Waals surface area contributed by atoms with Crippen LogP contribution in [0.4, 0.5) is 17.1 Å². The second-order valence-corrected chi connectivity index (χ2v) is 20.0. The van der Waals surface area contributed by atoms with E-state index in [1.807, 2.05) is 42.5 Å². The van der Waals surface area contributed by atoms with Crippen LogP contribution in [0.3, 0.4) is 0 Å². The second kappa shape index (κ2) is 15.6. The van der Waals surface area contributed by atoms with E-state index < -0.39 is 8.07 Å². The first kappa shape index (κ1) is 35.9. The predicted octanol–water partition coefficient (Wildman–Crippen LogP) is 12.5. The van der Waals surface area contributed by atoms with Gasteiger partial charge in [-0.25, -0.2) is 0 Å². The third kappa shape index (κ3) is 7.52. The number of nitrogens with zero attached hydrogens (tertiary/aromatic N) is 3. The summed E-state index contributed by atoms with van der Waals surface area (Å²) in [5.41, 5.74) is 9.61. The van der Waals surface area contributed by atoms with Crippen molar-refractivity contribution in [3.05, 3.63) is 156 Å². The summed E-state index contributed by atoms with van der Waals surface area (Å²) < 4.78 is 6.05. The number of anilines is 2. The fourth-order valence-electron chi connectivity index (χ4n) is 7.74. The Morgan fingerprint density at radius 3 is 2.35 bits per heavy atom. The van der Waals surface area contributed by atoms with Gasteiger partial charge in [0.05, 0.1) is 8.07 Å². The minimum atomic E-state index is -1.36. The Kier molecular flexibility index (Phi) is 10.8. The van der Waals surface area contributed by atoms with Crippen LogP contribution in [-0.4, -0.2) is 13.1 Å². The quantitative estimate of drug-likeness (QED) is 0.123. The van der Waals surface area contributed by atoms with Crippen molar-refractivity contribution in [2.24, 2.45) is 5.92 Å². The standard InChI is InChI=1S/C25H16N2O.C21H28NSi.Ir/c1-2-8-18(9-3-1)27-22-12-6-5-11-21(22)26-25(27)17-14-15-20-19-10-4-7-13-23(19)28-24(20)16-17;1-23(2,3)21-16-22-20(18-12-8-5-9-13-18)15-19(21)14-17-10-6-4-7-11-17;/h1-15,25H;5,8-9,12,15-17H,4,6-7,10-11,14H2,1-3H3;/q-2;-1;+3. The summed E-state index contributed by atoms with van der Waals surface area (Å²) in [5.74, 6) is 0.869. The molecule has 0 radical (unpaired) electrons. The Balaban J connectivity index is 0.000000162. The first-order chi connectivity index (χ1) is 24.9. The van der Waals surface area contributed by atoms with Gasteiger partial charge in [0, 0.05) is 23.2 Å². The smallest absolute Gasteiger partial charge is 0.661 e. The van der Waals surface area contributed by atoms with Crippen molar-refractivity contribution in [2.75, 3.05) is 4.90 Å². The fourth-order valence-corrected chi connectivity index (χ4v) is 9.33. The fraction of sp³-hybridized carbons (Fsp3) is 0.239. The molecule has 0 spiro atoms. The third-order valence-electron chi connectivity index (χ3n) is 10.3. The maximum absolute atomic E-state index is 6.05. The van der Waals surface area contributed by atoms with E-state index in [1.165, 1.54) is 38.5 Å². The zero-order chi connectivity index (χ0) is 34.8. The van der Waals surface area contributed by atoms with E-state index in [9.17, 15) is 0 Å². The Morgan fingerprint density at radius 2 is 1.56 bits per heavy atom. The van der Waals surface area contributed by atoms with Crippen molar-refractivity contribution < 1.29 is 24.5 Å². The molecule has 0 bridgehead atoms. The number of hydrogen-bond donors (Lipinski definition) is 0. The Morgan fingerprint density at radius 1 is 0.808 bits per heavy atom. The summed E-state index contributed by atoms with van der Waals surface area (Å²) in [6, 6.07) is 48.3. The molecular formula is C46H44IrN3OSi. The molecule has 1 aliphatic carbocycles. The molecule has 6 heteroatoms. The maximum Gasteiger partial charge on any atom is 3.00 e. The Hall–Kier alpha value is -4.48. The number of benzene rings is 5. The summed E-state index contributed by atoms with van der Waals surface area (Å²) in [5, 5.41) is 8.74. The van der Waals surface area contributed by atoms with Gasteiger partial charge in [0.2, 0.25) is 0 Å². The van der Waals surface area contributed by atoms with Crippen LogP contribution < -0.4 is 10.1 Å². The molecule has 262 valence electrons. The van der Waals surface area contributed by atoms with Gasteiger partial charge in [-0.05, 0) is 59.0 Å². The van der Waals surface area contributed by atoms with Crippen molar-refractivity contribution in [1.29, 1.82) is 0 Å². The topological polar surface area (TPSA) is 43.4 Å². The van der Waals surface area contributed by atoms with Gasteiger partial charge in [-0.15, -0.1) is 47.6 Å². The molecule has 2 aliphatic rings. The summed E-state index contributed by atoms with van der Waals surface area (Å²) in [6.07, 6.45) is 10.3. The van der Waals surface area contributed by atoms with Crippen LogP contribution in [0.25, 0.3) is 38.5 Å². The van der Waals surface area contributed by atoms with E-state index in [1.54, 1.807) is 10.8 Å². The van der Waals surface area contributed by atoms with Gasteiger partial charge in [0.25, 0.3) is 0 Å². The first-order valence-corrected chi connectivity index (χ1v) is 21.9. The molecule has 0 saturated heterocycles. The molecule has 1 saturated carbocycles. The molecule has 3 heterocycles. The molecule has 0 N–H and O–H groups in total.